The molecule has 1 aromatic rings. The standard InChI is InChI=1S/C17H28N2S/c1-4-14-11-18-17(3,13-8-9-13)12-19(14)15(5-2)16-7-6-10-20-16/h6-7,10,13-15,18H,4-5,8-9,11-12H2,1-3H3. The van der Waals surface area contributed by atoms with E-state index in [0.717, 1.165) is 12.5 Å². The zero-order valence-corrected chi connectivity index (χ0v) is 13.9. The molecular formula is C17H28N2S. The smallest absolute Gasteiger partial charge is 0.0443 e. The average Bonchev–Trinajstić information content (AvgIpc) is 3.19. The Morgan fingerprint density at radius 3 is 2.80 bits per heavy atom. The predicted octanol–water partition coefficient (Wildman–Crippen LogP) is 4.05. The molecule has 1 aliphatic heterocycles. The molecule has 1 aromatic heterocycles. The van der Waals surface area contributed by atoms with Crippen molar-refractivity contribution in [2.75, 3.05) is 13.1 Å². The SMILES string of the molecule is CCC1CNC(C)(C2CC2)CN1C(CC)c1cccs1. The second kappa shape index (κ2) is 5.78. The molecule has 2 aliphatic rings. The predicted molar refractivity (Wildman–Crippen MR) is 87.3 cm³/mol. The Morgan fingerprint density at radius 2 is 2.25 bits per heavy atom. The molecule has 3 atom stereocenters. The lowest BCUT2D eigenvalue weighted by Crippen LogP contribution is -2.64. The highest BCUT2D eigenvalue weighted by Crippen LogP contribution is 2.43. The molecule has 3 heteroatoms. The van der Waals surface area contributed by atoms with Crippen LogP contribution in [0.5, 0.6) is 0 Å². The fourth-order valence-electron chi connectivity index (χ4n) is 3.85. The summed E-state index contributed by atoms with van der Waals surface area (Å²) in [5, 5.41) is 6.10. The number of nitrogens with one attached hydrogen (secondary N) is 1. The van der Waals surface area contributed by atoms with E-state index in [2.05, 4.69) is 48.5 Å². The monoisotopic (exact) mass is 292 g/mol. The summed E-state index contributed by atoms with van der Waals surface area (Å²) in [4.78, 5) is 4.35. The third kappa shape index (κ3) is 2.68. The van der Waals surface area contributed by atoms with Gasteiger partial charge in [0.15, 0.2) is 0 Å². The van der Waals surface area contributed by atoms with Gasteiger partial charge in [-0.15, -0.1) is 11.3 Å². The largest absolute Gasteiger partial charge is 0.308 e. The zero-order valence-electron chi connectivity index (χ0n) is 13.1. The van der Waals surface area contributed by atoms with Crippen LogP contribution in [-0.4, -0.2) is 29.6 Å². The highest BCUT2D eigenvalue weighted by molar-refractivity contribution is 7.10. The van der Waals surface area contributed by atoms with Crippen molar-refractivity contribution in [2.24, 2.45) is 5.92 Å². The molecular weight excluding hydrogens is 264 g/mol. The highest BCUT2D eigenvalue weighted by Gasteiger charge is 2.47. The van der Waals surface area contributed by atoms with Crippen molar-refractivity contribution in [3.63, 3.8) is 0 Å². The molecule has 2 nitrogen and oxygen atoms in total. The summed E-state index contributed by atoms with van der Waals surface area (Å²) >= 11 is 1.92. The third-order valence-electron chi connectivity index (χ3n) is 5.33. The van der Waals surface area contributed by atoms with Crippen LogP contribution >= 0.6 is 11.3 Å². The van der Waals surface area contributed by atoms with Crippen molar-refractivity contribution in [3.05, 3.63) is 22.4 Å². The van der Waals surface area contributed by atoms with Gasteiger partial charge in [0, 0.05) is 35.6 Å². The van der Waals surface area contributed by atoms with Gasteiger partial charge >= 0.3 is 0 Å². The molecule has 0 bridgehead atoms. The van der Waals surface area contributed by atoms with Crippen molar-refractivity contribution < 1.29 is 0 Å². The highest BCUT2D eigenvalue weighted by atomic mass is 32.1. The van der Waals surface area contributed by atoms with Crippen LogP contribution in [0.3, 0.4) is 0 Å². The summed E-state index contributed by atoms with van der Waals surface area (Å²) in [6.45, 7) is 9.50. The Balaban J connectivity index is 1.82. The van der Waals surface area contributed by atoms with Crippen LogP contribution in [0.15, 0.2) is 17.5 Å². The second-order valence-corrected chi connectivity index (χ2v) is 7.73. The summed E-state index contributed by atoms with van der Waals surface area (Å²) in [5.41, 5.74) is 0.344. The normalized spacial score (nSPS) is 33.2. The van der Waals surface area contributed by atoms with Gasteiger partial charge in [-0.2, -0.15) is 0 Å². The van der Waals surface area contributed by atoms with Crippen LogP contribution in [0.4, 0.5) is 0 Å². The van der Waals surface area contributed by atoms with E-state index in [0.29, 0.717) is 17.6 Å². The molecule has 3 rings (SSSR count). The Labute approximate surface area is 127 Å². The van der Waals surface area contributed by atoms with Crippen LogP contribution in [-0.2, 0) is 0 Å². The van der Waals surface area contributed by atoms with Crippen LogP contribution in [0.25, 0.3) is 0 Å². The van der Waals surface area contributed by atoms with Gasteiger partial charge in [0.25, 0.3) is 0 Å². The molecule has 0 amide bonds. The Morgan fingerprint density at radius 1 is 1.45 bits per heavy atom. The van der Waals surface area contributed by atoms with E-state index in [1.807, 2.05) is 11.3 Å². The first-order valence-electron chi connectivity index (χ1n) is 8.22. The average molecular weight is 292 g/mol. The van der Waals surface area contributed by atoms with Gasteiger partial charge in [0.2, 0.25) is 0 Å². The first-order valence-corrected chi connectivity index (χ1v) is 9.10. The maximum Gasteiger partial charge on any atom is 0.0443 e. The molecule has 2 fully saturated rings. The molecule has 1 saturated carbocycles. The lowest BCUT2D eigenvalue weighted by molar-refractivity contribution is 0.0354. The van der Waals surface area contributed by atoms with Crippen molar-refractivity contribution in [1.29, 1.82) is 0 Å². The van der Waals surface area contributed by atoms with Gasteiger partial charge in [-0.05, 0) is 50.0 Å². The topological polar surface area (TPSA) is 15.3 Å². The number of piperazine rings is 1. The minimum absolute atomic E-state index is 0.344. The summed E-state index contributed by atoms with van der Waals surface area (Å²) in [6, 6.07) is 5.82. The molecule has 112 valence electrons. The third-order valence-corrected chi connectivity index (χ3v) is 6.30. The van der Waals surface area contributed by atoms with E-state index in [4.69, 9.17) is 0 Å². The first kappa shape index (κ1) is 14.6. The first-order chi connectivity index (χ1) is 9.68. The van der Waals surface area contributed by atoms with E-state index in [9.17, 15) is 0 Å². The minimum Gasteiger partial charge on any atom is -0.308 e. The molecule has 20 heavy (non-hydrogen) atoms. The molecule has 1 aliphatic carbocycles. The van der Waals surface area contributed by atoms with E-state index >= 15 is 0 Å². The number of hydrogen-bond donors (Lipinski definition) is 1. The molecule has 2 heterocycles. The van der Waals surface area contributed by atoms with Gasteiger partial charge in [0.1, 0.15) is 0 Å². The van der Waals surface area contributed by atoms with E-state index in [1.54, 1.807) is 4.88 Å². The van der Waals surface area contributed by atoms with Gasteiger partial charge in [0.05, 0.1) is 0 Å². The zero-order chi connectivity index (χ0) is 14.2. The Hall–Kier alpha value is -0.380. The van der Waals surface area contributed by atoms with E-state index < -0.39 is 0 Å². The molecule has 0 radical (unpaired) electrons. The van der Waals surface area contributed by atoms with E-state index in [-0.39, 0.29) is 0 Å². The Bertz CT molecular complexity index is 426. The fourth-order valence-corrected chi connectivity index (χ4v) is 4.78. The van der Waals surface area contributed by atoms with E-state index in [1.165, 1.54) is 32.2 Å². The molecule has 0 spiro atoms. The minimum atomic E-state index is 0.344. The van der Waals surface area contributed by atoms with Gasteiger partial charge in [-0.25, -0.2) is 0 Å². The fraction of sp³-hybridized carbons (Fsp3) is 0.765. The van der Waals surface area contributed by atoms with Crippen molar-refractivity contribution in [3.8, 4) is 0 Å². The van der Waals surface area contributed by atoms with Crippen LogP contribution in [0.2, 0.25) is 0 Å². The molecule has 0 aromatic carbocycles. The number of hydrogen-bond acceptors (Lipinski definition) is 3. The molecule has 1 saturated heterocycles. The number of thiophene rings is 1. The van der Waals surface area contributed by atoms with Crippen LogP contribution in [0, 0.1) is 5.92 Å². The lowest BCUT2D eigenvalue weighted by atomic mass is 9.88. The number of rotatable bonds is 5. The van der Waals surface area contributed by atoms with Gasteiger partial charge < -0.3 is 5.32 Å². The summed E-state index contributed by atoms with van der Waals surface area (Å²) in [6.07, 6.45) is 5.31. The van der Waals surface area contributed by atoms with Crippen molar-refractivity contribution >= 4 is 11.3 Å². The summed E-state index contributed by atoms with van der Waals surface area (Å²) < 4.78 is 0. The van der Waals surface area contributed by atoms with Gasteiger partial charge in [-0.1, -0.05) is 19.9 Å². The van der Waals surface area contributed by atoms with Crippen LogP contribution < -0.4 is 5.32 Å². The number of nitrogens with zero attached hydrogens (tertiary/aromatic N) is 1. The van der Waals surface area contributed by atoms with Gasteiger partial charge in [-0.3, -0.25) is 4.90 Å². The van der Waals surface area contributed by atoms with Crippen molar-refractivity contribution in [1.82, 2.24) is 10.2 Å². The Kier molecular flexibility index (Phi) is 4.21. The lowest BCUT2D eigenvalue weighted by Gasteiger charge is -2.49. The maximum atomic E-state index is 3.87. The molecule has 3 unspecified atom stereocenters. The quantitative estimate of drug-likeness (QED) is 0.880. The van der Waals surface area contributed by atoms with Crippen molar-refractivity contribution in [2.45, 2.75) is 64.1 Å². The summed E-state index contributed by atoms with van der Waals surface area (Å²) in [7, 11) is 0. The maximum absolute atomic E-state index is 3.87. The second-order valence-electron chi connectivity index (χ2n) is 6.75. The summed E-state index contributed by atoms with van der Waals surface area (Å²) in [5.74, 6) is 0.906. The van der Waals surface area contributed by atoms with Crippen LogP contribution in [0.1, 0.15) is 57.4 Å². The molecule has 1 N–H and O–H groups in total.